The zero-order chi connectivity index (χ0) is 17.6. The van der Waals surface area contributed by atoms with Crippen molar-refractivity contribution in [2.45, 2.75) is 12.1 Å². The van der Waals surface area contributed by atoms with Gasteiger partial charge in [0.1, 0.15) is 12.1 Å². The first-order valence-electron chi connectivity index (χ1n) is 7.78. The van der Waals surface area contributed by atoms with Crippen molar-refractivity contribution in [3.63, 3.8) is 0 Å². The van der Waals surface area contributed by atoms with Crippen LogP contribution in [-0.2, 0) is 16.9 Å². The van der Waals surface area contributed by atoms with E-state index in [1.54, 1.807) is 10.8 Å². The molecule has 0 unspecified atom stereocenters. The Hall–Kier alpha value is -2.16. The summed E-state index contributed by atoms with van der Waals surface area (Å²) in [6.45, 7) is 1.36. The molecule has 0 saturated carbocycles. The maximum atomic E-state index is 12.6. The molecule has 3 heterocycles. The lowest BCUT2D eigenvalue weighted by Crippen LogP contribution is -2.65. The van der Waals surface area contributed by atoms with E-state index in [0.717, 1.165) is 10.6 Å². The molecule has 1 aromatic carbocycles. The Kier molecular flexibility index (Phi) is 3.90. The van der Waals surface area contributed by atoms with E-state index in [1.165, 1.54) is 0 Å². The number of nitrogens with two attached hydrogens (primary N) is 1. The van der Waals surface area contributed by atoms with Gasteiger partial charge in [-0.25, -0.2) is 5.84 Å². The average Bonchev–Trinajstić information content (AvgIpc) is 2.58. The zero-order valence-corrected chi connectivity index (χ0v) is 14.9. The van der Waals surface area contributed by atoms with E-state index in [2.05, 4.69) is 15.9 Å². The van der Waals surface area contributed by atoms with Crippen molar-refractivity contribution < 1.29 is 14.3 Å². The quantitative estimate of drug-likeness (QED) is 0.613. The first-order chi connectivity index (χ1) is 12.0. The summed E-state index contributed by atoms with van der Waals surface area (Å²) in [5, 5.41) is 1.13. The van der Waals surface area contributed by atoms with E-state index in [-0.39, 0.29) is 23.5 Å². The fraction of sp³-hybridized carbons (Fsp3) is 0.294. The summed E-state index contributed by atoms with van der Waals surface area (Å²) in [7, 11) is 0. The van der Waals surface area contributed by atoms with Gasteiger partial charge in [0, 0.05) is 6.20 Å². The first-order valence-corrected chi connectivity index (χ1v) is 8.58. The molecule has 25 heavy (non-hydrogen) atoms. The van der Waals surface area contributed by atoms with E-state index in [9.17, 15) is 9.59 Å². The summed E-state index contributed by atoms with van der Waals surface area (Å²) in [5.74, 6) is 5.45. The van der Waals surface area contributed by atoms with E-state index in [4.69, 9.17) is 15.3 Å². The molecule has 2 aromatic rings. The lowest BCUT2D eigenvalue weighted by molar-refractivity contribution is -0.118. The van der Waals surface area contributed by atoms with Gasteiger partial charge in [0.05, 0.1) is 24.2 Å². The Morgan fingerprint density at radius 2 is 1.96 bits per heavy atom. The molecule has 7 nitrogen and oxygen atoms in total. The van der Waals surface area contributed by atoms with Gasteiger partial charge < -0.3 is 14.0 Å². The fourth-order valence-corrected chi connectivity index (χ4v) is 3.55. The third-order valence-electron chi connectivity index (χ3n) is 4.53. The van der Waals surface area contributed by atoms with Crippen LogP contribution in [0.1, 0.15) is 16.1 Å². The van der Waals surface area contributed by atoms with Crippen LogP contribution in [0.5, 0.6) is 5.75 Å². The second-order valence-electron chi connectivity index (χ2n) is 6.28. The van der Waals surface area contributed by atoms with Crippen LogP contribution in [0.2, 0.25) is 0 Å². The van der Waals surface area contributed by atoms with Gasteiger partial charge in [0.15, 0.2) is 11.4 Å². The minimum Gasteiger partial charge on any atom is -0.483 e. The number of carbonyl (C=O) groups is 1. The smallest absolute Gasteiger partial charge is 0.288 e. The number of carbonyl (C=O) groups excluding carboxylic acids is 1. The predicted octanol–water partition coefficient (Wildman–Crippen LogP) is 1.24. The molecule has 2 aliphatic rings. The standard InChI is InChI=1S/C17H16BrN3O4/c18-12-6-20-13(16(23)21(19)8-17(20)9-24-10-17)15(14(12)22)25-7-11-4-2-1-3-5-11/h1-6H,7-10,19H2. The number of aromatic nitrogens is 1. The fourth-order valence-electron chi connectivity index (χ4n) is 3.17. The number of halogens is 1. The van der Waals surface area contributed by atoms with Crippen LogP contribution < -0.4 is 16.0 Å². The highest BCUT2D eigenvalue weighted by molar-refractivity contribution is 9.10. The van der Waals surface area contributed by atoms with Crippen LogP contribution in [0.25, 0.3) is 0 Å². The highest BCUT2D eigenvalue weighted by Crippen LogP contribution is 2.36. The van der Waals surface area contributed by atoms with Gasteiger partial charge in [0.25, 0.3) is 5.91 Å². The zero-order valence-electron chi connectivity index (χ0n) is 13.3. The van der Waals surface area contributed by atoms with Gasteiger partial charge >= 0.3 is 0 Å². The maximum absolute atomic E-state index is 12.6. The van der Waals surface area contributed by atoms with Crippen LogP contribution in [0.15, 0.2) is 45.8 Å². The van der Waals surface area contributed by atoms with Gasteiger partial charge in [-0.05, 0) is 21.5 Å². The van der Waals surface area contributed by atoms with Crippen LogP contribution >= 0.6 is 15.9 Å². The number of hydrogen-bond donors (Lipinski definition) is 1. The minimum absolute atomic E-state index is 0.00431. The third kappa shape index (κ3) is 2.57. The topological polar surface area (TPSA) is 86.8 Å². The number of nitrogens with zero attached hydrogens (tertiary/aromatic N) is 2. The number of benzene rings is 1. The Balaban J connectivity index is 1.81. The van der Waals surface area contributed by atoms with Gasteiger partial charge in [-0.2, -0.15) is 0 Å². The van der Waals surface area contributed by atoms with Gasteiger partial charge in [-0.3, -0.25) is 14.6 Å². The van der Waals surface area contributed by atoms with E-state index < -0.39 is 11.4 Å². The summed E-state index contributed by atoms with van der Waals surface area (Å²) < 4.78 is 13.2. The van der Waals surface area contributed by atoms with Crippen molar-refractivity contribution in [2.24, 2.45) is 5.84 Å². The van der Waals surface area contributed by atoms with Crippen molar-refractivity contribution in [2.75, 3.05) is 19.8 Å². The second kappa shape index (κ2) is 5.98. The molecule has 130 valence electrons. The SMILES string of the molecule is NN1CC2(COC2)n2cc(Br)c(=O)c(OCc3ccccc3)c2C1=O. The number of amides is 1. The molecule has 1 amide bonds. The molecule has 0 bridgehead atoms. The summed E-state index contributed by atoms with van der Waals surface area (Å²) in [4.78, 5) is 25.2. The van der Waals surface area contributed by atoms with E-state index >= 15 is 0 Å². The number of hydrogen-bond acceptors (Lipinski definition) is 5. The van der Waals surface area contributed by atoms with Gasteiger partial charge in [-0.15, -0.1) is 0 Å². The Morgan fingerprint density at radius 3 is 2.60 bits per heavy atom. The minimum atomic E-state index is -0.459. The van der Waals surface area contributed by atoms with Crippen molar-refractivity contribution in [1.82, 2.24) is 9.58 Å². The molecule has 8 heteroatoms. The summed E-state index contributed by atoms with van der Waals surface area (Å²) in [5.41, 5.74) is 0.233. The van der Waals surface area contributed by atoms with Crippen LogP contribution in [0.4, 0.5) is 0 Å². The largest absolute Gasteiger partial charge is 0.483 e. The third-order valence-corrected chi connectivity index (χ3v) is 5.09. The number of pyridine rings is 1. The summed E-state index contributed by atoms with van der Waals surface area (Å²) >= 11 is 3.28. The normalized spacial score (nSPS) is 18.0. The predicted molar refractivity (Wildman–Crippen MR) is 93.2 cm³/mol. The lowest BCUT2D eigenvalue weighted by Gasteiger charge is -2.49. The van der Waals surface area contributed by atoms with Crippen molar-refractivity contribution in [1.29, 1.82) is 0 Å². The summed E-state index contributed by atoms with van der Waals surface area (Å²) in [6.07, 6.45) is 1.63. The number of ether oxygens (including phenoxy) is 2. The van der Waals surface area contributed by atoms with Gasteiger partial charge in [-0.1, -0.05) is 30.3 Å². The maximum Gasteiger partial charge on any atom is 0.288 e. The molecule has 1 spiro atoms. The Morgan fingerprint density at radius 1 is 1.24 bits per heavy atom. The highest BCUT2D eigenvalue weighted by atomic mass is 79.9. The molecule has 2 aliphatic heterocycles. The average molecular weight is 406 g/mol. The number of fused-ring (bicyclic) bond motifs is 2. The molecule has 2 N–H and O–H groups in total. The summed E-state index contributed by atoms with van der Waals surface area (Å²) in [6, 6.07) is 9.45. The van der Waals surface area contributed by atoms with Crippen molar-refractivity contribution in [3.8, 4) is 5.75 Å². The molecule has 1 fully saturated rings. The van der Waals surface area contributed by atoms with Crippen LogP contribution in [0.3, 0.4) is 0 Å². The molecule has 4 rings (SSSR count). The van der Waals surface area contributed by atoms with Crippen molar-refractivity contribution in [3.05, 3.63) is 62.5 Å². The van der Waals surface area contributed by atoms with Crippen LogP contribution in [0, 0.1) is 0 Å². The molecule has 1 saturated heterocycles. The second-order valence-corrected chi connectivity index (χ2v) is 7.13. The molecular weight excluding hydrogens is 390 g/mol. The Labute approximate surface area is 152 Å². The molecular formula is C17H16BrN3O4. The molecule has 0 radical (unpaired) electrons. The molecule has 0 atom stereocenters. The number of hydrazine groups is 1. The van der Waals surface area contributed by atoms with E-state index in [1.807, 2.05) is 30.3 Å². The monoisotopic (exact) mass is 405 g/mol. The van der Waals surface area contributed by atoms with Crippen molar-refractivity contribution >= 4 is 21.8 Å². The molecule has 0 aliphatic carbocycles. The van der Waals surface area contributed by atoms with E-state index in [0.29, 0.717) is 24.2 Å². The van der Waals surface area contributed by atoms with Gasteiger partial charge in [0.2, 0.25) is 5.43 Å². The highest BCUT2D eigenvalue weighted by Gasteiger charge is 2.49. The number of rotatable bonds is 3. The van der Waals surface area contributed by atoms with Crippen LogP contribution in [-0.4, -0.2) is 35.2 Å². The molecule has 1 aromatic heterocycles. The first kappa shape index (κ1) is 16.3. The lowest BCUT2D eigenvalue weighted by atomic mass is 9.93. The Bertz CT molecular complexity index is 893.